The maximum absolute atomic E-state index is 2.44. The summed E-state index contributed by atoms with van der Waals surface area (Å²) in [7, 11) is 0. The first kappa shape index (κ1) is 34.9. The first-order valence-electron chi connectivity index (χ1n) is 21.6. The van der Waals surface area contributed by atoms with Crippen LogP contribution in [-0.2, 0) is 5.41 Å². The maximum Gasteiger partial charge on any atom is 0.0541 e. The number of hydrogen-bond acceptors (Lipinski definition) is 1. The molecule has 3 nitrogen and oxygen atoms in total. The van der Waals surface area contributed by atoms with Crippen LogP contribution in [0.1, 0.15) is 25.0 Å². The molecule has 0 atom stereocenters. The number of para-hydroxylation sites is 4. The fourth-order valence-corrected chi connectivity index (χ4v) is 10.7. The highest BCUT2D eigenvalue weighted by Crippen LogP contribution is 2.50. The molecule has 292 valence electrons. The van der Waals surface area contributed by atoms with Crippen LogP contribution in [0, 0.1) is 0 Å². The zero-order valence-corrected chi connectivity index (χ0v) is 34.5. The molecular weight excluding hydrogens is 751 g/mol. The Balaban J connectivity index is 0.931. The molecule has 0 fully saturated rings. The van der Waals surface area contributed by atoms with Crippen molar-refractivity contribution in [2.24, 2.45) is 0 Å². The summed E-state index contributed by atoms with van der Waals surface area (Å²) in [4.78, 5) is 2.38. The van der Waals surface area contributed by atoms with Crippen LogP contribution >= 0.6 is 0 Å². The van der Waals surface area contributed by atoms with Crippen LogP contribution in [0.3, 0.4) is 0 Å². The minimum atomic E-state index is -0.0645. The van der Waals surface area contributed by atoms with E-state index in [1.807, 2.05) is 0 Å². The smallest absolute Gasteiger partial charge is 0.0541 e. The van der Waals surface area contributed by atoms with Crippen molar-refractivity contribution < 1.29 is 0 Å². The first-order chi connectivity index (χ1) is 30.5. The largest absolute Gasteiger partial charge is 0.311 e. The van der Waals surface area contributed by atoms with Gasteiger partial charge in [0, 0.05) is 55.4 Å². The predicted molar refractivity (Wildman–Crippen MR) is 262 cm³/mol. The summed E-state index contributed by atoms with van der Waals surface area (Å²) in [5, 5.41) is 10.5. The van der Waals surface area contributed by atoms with Crippen LogP contribution in [0.15, 0.2) is 212 Å². The van der Waals surface area contributed by atoms with Crippen LogP contribution in [-0.4, -0.2) is 9.13 Å². The van der Waals surface area contributed by atoms with Crippen LogP contribution in [0.2, 0.25) is 0 Å². The van der Waals surface area contributed by atoms with Gasteiger partial charge in [0.25, 0.3) is 0 Å². The van der Waals surface area contributed by atoms with Gasteiger partial charge in [0.05, 0.1) is 22.1 Å². The molecule has 13 rings (SSSR count). The minimum absolute atomic E-state index is 0.0645. The van der Waals surface area contributed by atoms with Crippen molar-refractivity contribution in [3.63, 3.8) is 0 Å². The molecule has 62 heavy (non-hydrogen) atoms. The Kier molecular flexibility index (Phi) is 7.36. The van der Waals surface area contributed by atoms with Gasteiger partial charge in [-0.1, -0.05) is 129 Å². The number of aromatic nitrogens is 2. The van der Waals surface area contributed by atoms with Gasteiger partial charge in [0.2, 0.25) is 0 Å². The summed E-state index contributed by atoms with van der Waals surface area (Å²) >= 11 is 0. The van der Waals surface area contributed by atoms with Gasteiger partial charge in [0.15, 0.2) is 0 Å². The lowest BCUT2D eigenvalue weighted by molar-refractivity contribution is 0.663. The van der Waals surface area contributed by atoms with Crippen LogP contribution < -0.4 is 4.90 Å². The Morgan fingerprint density at radius 3 is 1.24 bits per heavy atom. The van der Waals surface area contributed by atoms with Gasteiger partial charge in [-0.15, -0.1) is 0 Å². The van der Waals surface area contributed by atoms with Crippen molar-refractivity contribution in [2.75, 3.05) is 4.90 Å². The Bertz CT molecular complexity index is 3490. The molecule has 0 spiro atoms. The molecule has 12 aromatic rings. The van der Waals surface area contributed by atoms with E-state index in [1.54, 1.807) is 0 Å². The van der Waals surface area contributed by atoms with Gasteiger partial charge in [-0.05, 0) is 141 Å². The number of nitrogens with zero attached hydrogens (tertiary/aromatic N) is 3. The van der Waals surface area contributed by atoms with E-state index in [1.165, 1.54) is 87.4 Å². The lowest BCUT2D eigenvalue weighted by Gasteiger charge is -2.26. The SMILES string of the molecule is CC1(C)c2cccc3ccc4cc(-c5ccc(N(c6ccc(-n7c8ccccc8c8ccccc87)cc6)c6ccc(-n7c8ccccc8c8ccccc87)cc6)cc5)cc1c4c23. The number of hydrogen-bond donors (Lipinski definition) is 0. The van der Waals surface area contributed by atoms with E-state index in [9.17, 15) is 0 Å². The second-order valence-electron chi connectivity index (χ2n) is 17.4. The van der Waals surface area contributed by atoms with Crippen molar-refractivity contribution in [1.82, 2.24) is 9.13 Å². The summed E-state index contributed by atoms with van der Waals surface area (Å²) in [5.74, 6) is 0. The van der Waals surface area contributed by atoms with Crippen molar-refractivity contribution >= 4 is 82.2 Å². The van der Waals surface area contributed by atoms with E-state index in [2.05, 4.69) is 240 Å². The van der Waals surface area contributed by atoms with E-state index < -0.39 is 0 Å². The maximum atomic E-state index is 2.44. The van der Waals surface area contributed by atoms with Gasteiger partial charge in [-0.25, -0.2) is 0 Å². The van der Waals surface area contributed by atoms with Crippen molar-refractivity contribution in [3.05, 3.63) is 223 Å². The molecule has 1 aliphatic rings. The lowest BCUT2D eigenvalue weighted by atomic mass is 9.81. The Labute approximate surface area is 359 Å². The average molecular weight is 792 g/mol. The third-order valence-corrected chi connectivity index (χ3v) is 13.7. The summed E-state index contributed by atoms with van der Waals surface area (Å²) in [6.45, 7) is 4.75. The fourth-order valence-electron chi connectivity index (χ4n) is 10.7. The van der Waals surface area contributed by atoms with E-state index in [0.717, 1.165) is 28.4 Å². The number of anilines is 3. The average Bonchev–Trinajstić information content (AvgIpc) is 3.93. The molecule has 3 heteroatoms. The van der Waals surface area contributed by atoms with Gasteiger partial charge in [0.1, 0.15) is 0 Å². The van der Waals surface area contributed by atoms with Gasteiger partial charge in [-0.2, -0.15) is 0 Å². The molecular formula is C59H41N3. The second kappa shape index (κ2) is 13.1. The third-order valence-electron chi connectivity index (χ3n) is 13.7. The molecule has 0 bridgehead atoms. The van der Waals surface area contributed by atoms with Gasteiger partial charge >= 0.3 is 0 Å². The van der Waals surface area contributed by atoms with E-state index >= 15 is 0 Å². The zero-order chi connectivity index (χ0) is 41.1. The Morgan fingerprint density at radius 2 is 0.758 bits per heavy atom. The lowest BCUT2D eigenvalue weighted by Crippen LogP contribution is -2.15. The van der Waals surface area contributed by atoms with E-state index in [4.69, 9.17) is 0 Å². The summed E-state index contributed by atoms with van der Waals surface area (Å²) in [6.07, 6.45) is 0. The summed E-state index contributed by atoms with van der Waals surface area (Å²) in [6, 6.07) is 78.2. The fraction of sp³-hybridized carbons (Fsp3) is 0.0508. The molecule has 10 aromatic carbocycles. The van der Waals surface area contributed by atoms with Crippen LogP contribution in [0.5, 0.6) is 0 Å². The molecule has 0 saturated carbocycles. The molecule has 2 heterocycles. The molecule has 0 N–H and O–H groups in total. The highest BCUT2D eigenvalue weighted by Gasteiger charge is 2.34. The molecule has 0 unspecified atom stereocenters. The van der Waals surface area contributed by atoms with E-state index in [0.29, 0.717) is 0 Å². The Hall–Kier alpha value is -7.88. The first-order valence-corrected chi connectivity index (χ1v) is 21.6. The van der Waals surface area contributed by atoms with Crippen molar-refractivity contribution in [3.8, 4) is 22.5 Å². The standard InChI is InChI=1S/C59H41N3/c1-59(2)51-17-11-12-39-22-23-40-36-41(37-52(59)58(40)57(39)51)38-24-26-42(27-25-38)60(43-28-32-45(33-29-43)61-53-18-7-3-13-47(53)48-14-4-8-19-54(48)61)44-30-34-46(35-31-44)62-55-20-9-5-15-49(55)50-16-6-10-21-56(50)62/h3-37H,1-2H3. The molecule has 1 aliphatic carbocycles. The third kappa shape index (κ3) is 5.00. The molecule has 0 saturated heterocycles. The minimum Gasteiger partial charge on any atom is -0.311 e. The topological polar surface area (TPSA) is 13.1 Å². The molecule has 2 aromatic heterocycles. The van der Waals surface area contributed by atoms with Crippen molar-refractivity contribution in [2.45, 2.75) is 19.3 Å². The summed E-state index contributed by atoms with van der Waals surface area (Å²) < 4.78 is 4.77. The highest BCUT2D eigenvalue weighted by atomic mass is 15.1. The number of fused-ring (bicyclic) bond motifs is 6. The van der Waals surface area contributed by atoms with Crippen molar-refractivity contribution in [1.29, 1.82) is 0 Å². The monoisotopic (exact) mass is 791 g/mol. The van der Waals surface area contributed by atoms with Gasteiger partial charge < -0.3 is 14.0 Å². The summed E-state index contributed by atoms with van der Waals surface area (Å²) in [5.41, 5.74) is 15.6. The molecule has 0 amide bonds. The molecule has 0 aliphatic heterocycles. The normalized spacial score (nSPS) is 13.1. The number of rotatable bonds is 6. The predicted octanol–water partition coefficient (Wildman–Crippen LogP) is 16.0. The van der Waals surface area contributed by atoms with E-state index in [-0.39, 0.29) is 5.41 Å². The van der Waals surface area contributed by atoms with Crippen LogP contribution in [0.25, 0.3) is 87.7 Å². The Morgan fingerprint density at radius 1 is 0.339 bits per heavy atom. The van der Waals surface area contributed by atoms with Gasteiger partial charge in [-0.3, -0.25) is 0 Å². The number of benzene rings is 10. The quantitative estimate of drug-likeness (QED) is 0.153. The van der Waals surface area contributed by atoms with Crippen LogP contribution in [0.4, 0.5) is 17.1 Å². The second-order valence-corrected chi connectivity index (χ2v) is 17.4. The molecule has 0 radical (unpaired) electrons. The zero-order valence-electron chi connectivity index (χ0n) is 34.5. The highest BCUT2D eigenvalue weighted by molar-refractivity contribution is 6.16.